The Labute approximate surface area is 172 Å². The fraction of sp³-hybridized carbons (Fsp3) is 0.182. The van der Waals surface area contributed by atoms with Gasteiger partial charge in [-0.25, -0.2) is 18.7 Å². The number of pyridine rings is 1. The van der Waals surface area contributed by atoms with Crippen LogP contribution in [0.5, 0.6) is 0 Å². The number of nitrogens with zero attached hydrogens (tertiary/aromatic N) is 4. The van der Waals surface area contributed by atoms with Gasteiger partial charge in [0.2, 0.25) is 0 Å². The number of imidazole rings is 1. The van der Waals surface area contributed by atoms with E-state index in [-0.39, 0.29) is 17.4 Å². The van der Waals surface area contributed by atoms with E-state index in [1.54, 1.807) is 41.4 Å². The number of hydrogen-bond acceptors (Lipinski definition) is 4. The average molecular weight is 404 g/mol. The monoisotopic (exact) mass is 404 g/mol. The summed E-state index contributed by atoms with van der Waals surface area (Å²) in [7, 11) is 0. The highest BCUT2D eigenvalue weighted by Gasteiger charge is 2.29. The number of aromatic amines is 1. The van der Waals surface area contributed by atoms with E-state index >= 15 is 0 Å². The molecule has 1 unspecified atom stereocenters. The van der Waals surface area contributed by atoms with Gasteiger partial charge in [-0.1, -0.05) is 6.07 Å². The lowest BCUT2D eigenvalue weighted by atomic mass is 10.0. The van der Waals surface area contributed by atoms with Gasteiger partial charge >= 0.3 is 0 Å². The van der Waals surface area contributed by atoms with Crippen LogP contribution in [0.3, 0.4) is 0 Å². The van der Waals surface area contributed by atoms with Crippen molar-refractivity contribution < 1.29 is 8.78 Å². The first kappa shape index (κ1) is 19.5. The van der Waals surface area contributed by atoms with Gasteiger partial charge in [0.1, 0.15) is 35.1 Å². The van der Waals surface area contributed by atoms with Crippen LogP contribution in [-0.2, 0) is 0 Å². The summed E-state index contributed by atoms with van der Waals surface area (Å²) in [6.07, 6.45) is 6.28. The Kier molecular flexibility index (Phi) is 5.35. The molecule has 3 aromatic rings. The van der Waals surface area contributed by atoms with E-state index in [4.69, 9.17) is 10.7 Å². The van der Waals surface area contributed by atoms with E-state index in [0.29, 0.717) is 35.9 Å². The molecule has 1 fully saturated rings. The second-order valence-corrected chi connectivity index (χ2v) is 6.94. The van der Waals surface area contributed by atoms with Gasteiger partial charge < -0.3 is 9.88 Å². The summed E-state index contributed by atoms with van der Waals surface area (Å²) in [6.45, 7) is 0.595. The zero-order valence-corrected chi connectivity index (χ0v) is 15.9. The molecule has 0 radical (unpaired) electrons. The average Bonchev–Trinajstić information content (AvgIpc) is 3.43. The molecule has 2 aromatic heterocycles. The van der Waals surface area contributed by atoms with Gasteiger partial charge in [0.15, 0.2) is 0 Å². The first-order valence-corrected chi connectivity index (χ1v) is 9.46. The number of aromatic nitrogens is 3. The minimum Gasteiger partial charge on any atom is -0.350 e. The number of nitriles is 1. The first-order valence-electron chi connectivity index (χ1n) is 9.46. The highest BCUT2D eigenvalue weighted by Crippen LogP contribution is 2.34. The van der Waals surface area contributed by atoms with Gasteiger partial charge in [0.25, 0.3) is 0 Å². The van der Waals surface area contributed by atoms with Crippen molar-refractivity contribution in [1.82, 2.24) is 19.9 Å². The van der Waals surface area contributed by atoms with Gasteiger partial charge in [-0.15, -0.1) is 0 Å². The van der Waals surface area contributed by atoms with Crippen LogP contribution in [0.2, 0.25) is 0 Å². The fourth-order valence-corrected chi connectivity index (χ4v) is 3.60. The first-order chi connectivity index (χ1) is 14.5. The van der Waals surface area contributed by atoms with E-state index in [1.165, 1.54) is 6.07 Å². The topological polar surface area (TPSA) is 92.5 Å². The molecule has 2 N–H and O–H groups in total. The predicted molar refractivity (Wildman–Crippen MR) is 108 cm³/mol. The van der Waals surface area contributed by atoms with Crippen LogP contribution in [0.4, 0.5) is 8.78 Å². The maximum atomic E-state index is 14.2. The highest BCUT2D eigenvalue weighted by atomic mass is 19.1. The molecule has 0 aliphatic carbocycles. The molecule has 4 rings (SSSR count). The molecule has 1 atom stereocenters. The Morgan fingerprint density at radius 2 is 2.17 bits per heavy atom. The van der Waals surface area contributed by atoms with Crippen LogP contribution in [0.25, 0.3) is 17.5 Å². The zero-order valence-electron chi connectivity index (χ0n) is 15.9. The van der Waals surface area contributed by atoms with E-state index in [9.17, 15) is 8.78 Å². The van der Waals surface area contributed by atoms with Gasteiger partial charge in [0.05, 0.1) is 23.6 Å². The lowest BCUT2D eigenvalue weighted by Gasteiger charge is -2.26. The van der Waals surface area contributed by atoms with Gasteiger partial charge in [-0.05, 0) is 55.3 Å². The van der Waals surface area contributed by atoms with Gasteiger partial charge in [-0.2, -0.15) is 5.26 Å². The van der Waals surface area contributed by atoms with E-state index in [1.807, 2.05) is 6.07 Å². The second kappa shape index (κ2) is 8.25. The Hall–Kier alpha value is -3.86. The maximum Gasteiger partial charge on any atom is 0.141 e. The van der Waals surface area contributed by atoms with Crippen molar-refractivity contribution >= 4 is 11.9 Å². The third-order valence-electron chi connectivity index (χ3n) is 5.01. The zero-order chi connectivity index (χ0) is 21.1. The summed E-state index contributed by atoms with van der Waals surface area (Å²) in [5, 5.41) is 17.4. The van der Waals surface area contributed by atoms with Crippen molar-refractivity contribution in [3.8, 4) is 17.5 Å². The van der Waals surface area contributed by atoms with Crippen molar-refractivity contribution in [3.63, 3.8) is 0 Å². The molecular weight excluding hydrogens is 386 g/mol. The van der Waals surface area contributed by atoms with Gasteiger partial charge in [0, 0.05) is 12.1 Å². The quantitative estimate of drug-likeness (QED) is 0.496. The molecular formula is C22H18F2N6. The Balaban J connectivity index is 1.50. The summed E-state index contributed by atoms with van der Waals surface area (Å²) in [5.41, 5.74) is 1.83. The van der Waals surface area contributed by atoms with Crippen LogP contribution in [0.1, 0.15) is 36.0 Å². The molecule has 0 amide bonds. The van der Waals surface area contributed by atoms with E-state index in [0.717, 1.165) is 18.6 Å². The Morgan fingerprint density at radius 3 is 3.00 bits per heavy atom. The molecule has 0 saturated carbocycles. The summed E-state index contributed by atoms with van der Waals surface area (Å²) in [4.78, 5) is 13.3. The third kappa shape index (κ3) is 3.96. The lowest BCUT2D eigenvalue weighted by molar-refractivity contribution is 0.385. The Morgan fingerprint density at radius 1 is 1.30 bits per heavy atom. The number of nitrogens with one attached hydrogen (secondary N) is 2. The SMILES string of the molecule is N#Cc1cccc(-c2cnc(C=CC(=N)N3CCCC3c3cc(F)ccc3F)[nH]2)n1. The molecule has 1 saturated heterocycles. The lowest BCUT2D eigenvalue weighted by Crippen LogP contribution is -2.29. The second-order valence-electron chi connectivity index (χ2n) is 6.94. The smallest absolute Gasteiger partial charge is 0.141 e. The molecule has 0 spiro atoms. The summed E-state index contributed by atoms with van der Waals surface area (Å²) >= 11 is 0. The molecule has 0 bridgehead atoms. The van der Waals surface area contributed by atoms with Crippen molar-refractivity contribution in [1.29, 1.82) is 10.7 Å². The van der Waals surface area contributed by atoms with Crippen LogP contribution >= 0.6 is 0 Å². The van der Waals surface area contributed by atoms with E-state index in [2.05, 4.69) is 15.0 Å². The summed E-state index contributed by atoms with van der Waals surface area (Å²) < 4.78 is 27.8. The number of amidine groups is 1. The highest BCUT2D eigenvalue weighted by molar-refractivity contribution is 5.94. The largest absolute Gasteiger partial charge is 0.350 e. The Bertz CT molecular complexity index is 1160. The van der Waals surface area contributed by atoms with Crippen molar-refractivity contribution in [2.45, 2.75) is 18.9 Å². The molecule has 3 heterocycles. The van der Waals surface area contributed by atoms with Crippen molar-refractivity contribution in [2.75, 3.05) is 6.54 Å². The normalized spacial score (nSPS) is 16.2. The molecule has 1 aromatic carbocycles. The van der Waals surface area contributed by atoms with Gasteiger partial charge in [-0.3, -0.25) is 5.41 Å². The molecule has 6 nitrogen and oxygen atoms in total. The number of H-pyrrole nitrogens is 1. The fourth-order valence-electron chi connectivity index (χ4n) is 3.60. The number of likely N-dealkylation sites (tertiary alicyclic amines) is 1. The minimum atomic E-state index is -0.488. The molecule has 8 heteroatoms. The number of rotatable bonds is 4. The number of halogens is 2. The molecule has 30 heavy (non-hydrogen) atoms. The van der Waals surface area contributed by atoms with E-state index < -0.39 is 11.6 Å². The molecule has 1 aliphatic rings. The maximum absolute atomic E-state index is 14.2. The van der Waals surface area contributed by atoms with Crippen molar-refractivity contribution in [2.24, 2.45) is 0 Å². The van der Waals surface area contributed by atoms with Crippen LogP contribution in [0, 0.1) is 28.4 Å². The third-order valence-corrected chi connectivity index (χ3v) is 5.01. The van der Waals surface area contributed by atoms with Crippen LogP contribution in [0.15, 0.2) is 48.7 Å². The summed E-state index contributed by atoms with van der Waals surface area (Å²) in [6, 6.07) is 10.2. The summed E-state index contributed by atoms with van der Waals surface area (Å²) in [5.74, 6) is -0.235. The number of benzene rings is 1. The standard InChI is InChI=1S/C22H18F2N6/c23-14-6-7-17(24)16(11-14)20-5-2-10-30(20)21(26)8-9-22-27-13-19(29-22)18-4-1-3-15(12-25)28-18/h1,3-4,6-9,11,13,20,26H,2,5,10H2,(H,27,29). The van der Waals surface area contributed by atoms with Crippen LogP contribution in [-0.4, -0.2) is 32.2 Å². The molecule has 1 aliphatic heterocycles. The predicted octanol–water partition coefficient (Wildman–Crippen LogP) is 4.45. The van der Waals surface area contributed by atoms with Crippen molar-refractivity contribution in [3.05, 3.63) is 77.4 Å². The van der Waals surface area contributed by atoms with Crippen LogP contribution < -0.4 is 0 Å². The minimum absolute atomic E-state index is 0.198. The molecule has 150 valence electrons. The number of hydrogen-bond donors (Lipinski definition) is 2.